The third-order valence-corrected chi connectivity index (χ3v) is 3.33. The minimum atomic E-state index is 0.481. The summed E-state index contributed by atoms with van der Waals surface area (Å²) in [6.07, 6.45) is 6.04. The number of nitrogens with zero attached hydrogens (tertiary/aromatic N) is 1. The number of hydrogen-bond donors (Lipinski definition) is 2. The fraction of sp³-hybridized carbons (Fsp3) is 0.500. The number of halogens is 1. The summed E-state index contributed by atoms with van der Waals surface area (Å²) >= 11 is 3.43. The summed E-state index contributed by atoms with van der Waals surface area (Å²) < 4.78 is 0.932. The lowest BCUT2D eigenvalue weighted by Crippen LogP contribution is -2.13. The third-order valence-electron chi connectivity index (χ3n) is 2.72. The van der Waals surface area contributed by atoms with E-state index in [9.17, 15) is 0 Å². The van der Waals surface area contributed by atoms with E-state index in [1.807, 2.05) is 0 Å². The second-order valence-electron chi connectivity index (χ2n) is 4.25. The highest BCUT2D eigenvalue weighted by molar-refractivity contribution is 9.10. The zero-order valence-corrected chi connectivity index (χ0v) is 9.76. The van der Waals surface area contributed by atoms with Gasteiger partial charge in [-0.05, 0) is 34.2 Å². The van der Waals surface area contributed by atoms with Gasteiger partial charge in [-0.2, -0.15) is 0 Å². The van der Waals surface area contributed by atoms with Crippen LogP contribution in [0.2, 0.25) is 0 Å². The Morgan fingerprint density at radius 2 is 2.29 bits per heavy atom. The molecule has 0 amide bonds. The molecule has 0 aromatic carbocycles. The van der Waals surface area contributed by atoms with Crippen molar-refractivity contribution in [3.05, 3.63) is 16.9 Å². The number of nitrogens with two attached hydrogens (primary N) is 1. The molecule has 1 aliphatic rings. The highest BCUT2D eigenvalue weighted by Gasteiger charge is 2.36. The van der Waals surface area contributed by atoms with Crippen LogP contribution in [-0.2, 0) is 0 Å². The average molecular weight is 256 g/mol. The number of rotatable bonds is 3. The number of nitrogens with one attached hydrogen (secondary N) is 1. The molecule has 2 rings (SSSR count). The first-order valence-corrected chi connectivity index (χ1v) is 5.53. The van der Waals surface area contributed by atoms with Crippen LogP contribution in [0.3, 0.4) is 0 Å². The van der Waals surface area contributed by atoms with E-state index in [1.165, 1.54) is 12.8 Å². The van der Waals surface area contributed by atoms with Crippen LogP contribution in [0, 0.1) is 5.41 Å². The molecule has 14 heavy (non-hydrogen) atoms. The van der Waals surface area contributed by atoms with Gasteiger partial charge in [-0.15, -0.1) is 0 Å². The Bertz CT molecular complexity index is 327. The topological polar surface area (TPSA) is 50.9 Å². The molecule has 1 aromatic heterocycles. The van der Waals surface area contributed by atoms with Gasteiger partial charge in [-0.25, -0.2) is 0 Å². The average Bonchev–Trinajstić information content (AvgIpc) is 2.83. The summed E-state index contributed by atoms with van der Waals surface area (Å²) in [5, 5.41) is 3.37. The molecule has 0 bridgehead atoms. The Balaban J connectivity index is 2.08. The van der Waals surface area contributed by atoms with Gasteiger partial charge < -0.3 is 11.1 Å². The second kappa shape index (κ2) is 3.42. The van der Waals surface area contributed by atoms with Crippen molar-refractivity contribution in [2.75, 3.05) is 17.6 Å². The van der Waals surface area contributed by atoms with Gasteiger partial charge in [-0.1, -0.05) is 6.92 Å². The summed E-state index contributed by atoms with van der Waals surface area (Å²) in [6.45, 7) is 3.27. The molecule has 1 fully saturated rings. The van der Waals surface area contributed by atoms with Crippen LogP contribution in [0.15, 0.2) is 16.9 Å². The normalized spacial score (nSPS) is 17.9. The molecule has 0 aliphatic heterocycles. The number of anilines is 2. The molecule has 76 valence electrons. The van der Waals surface area contributed by atoms with Gasteiger partial charge in [0.25, 0.3) is 0 Å². The van der Waals surface area contributed by atoms with E-state index in [2.05, 4.69) is 33.2 Å². The summed E-state index contributed by atoms with van der Waals surface area (Å²) in [5.41, 5.74) is 7.96. The molecule has 1 heterocycles. The van der Waals surface area contributed by atoms with Crippen molar-refractivity contribution in [3.63, 3.8) is 0 Å². The Kier molecular flexibility index (Phi) is 2.39. The monoisotopic (exact) mass is 255 g/mol. The molecule has 0 radical (unpaired) electrons. The van der Waals surface area contributed by atoms with Crippen LogP contribution < -0.4 is 11.1 Å². The highest BCUT2D eigenvalue weighted by Crippen LogP contribution is 2.45. The quantitative estimate of drug-likeness (QED) is 0.874. The van der Waals surface area contributed by atoms with Gasteiger partial charge in [0.1, 0.15) is 0 Å². The van der Waals surface area contributed by atoms with Crippen LogP contribution in [0.4, 0.5) is 11.4 Å². The van der Waals surface area contributed by atoms with E-state index in [-0.39, 0.29) is 0 Å². The van der Waals surface area contributed by atoms with E-state index in [0.717, 1.165) is 16.7 Å². The predicted molar refractivity (Wildman–Crippen MR) is 62.2 cm³/mol. The first-order chi connectivity index (χ1) is 6.61. The fourth-order valence-corrected chi connectivity index (χ4v) is 1.82. The molecule has 0 unspecified atom stereocenters. The second-order valence-corrected chi connectivity index (χ2v) is 5.10. The van der Waals surface area contributed by atoms with E-state index in [1.54, 1.807) is 12.4 Å². The van der Waals surface area contributed by atoms with E-state index >= 15 is 0 Å². The molecule has 0 saturated heterocycles. The molecule has 3 nitrogen and oxygen atoms in total. The Hall–Kier alpha value is -0.770. The summed E-state index contributed by atoms with van der Waals surface area (Å²) in [7, 11) is 0. The van der Waals surface area contributed by atoms with Gasteiger partial charge in [0.05, 0.1) is 22.0 Å². The standard InChI is InChI=1S/C10H14BrN3/c1-10(2-3-10)6-14-9-7(11)4-13-5-8(9)12/h4-5H,2-3,6,12H2,1H3,(H,13,14). The molecule has 1 aliphatic carbocycles. The number of nitrogen functional groups attached to an aromatic ring is 1. The maximum atomic E-state index is 5.82. The van der Waals surface area contributed by atoms with Crippen molar-refractivity contribution >= 4 is 27.3 Å². The molecular weight excluding hydrogens is 242 g/mol. The number of hydrogen-bond acceptors (Lipinski definition) is 3. The maximum absolute atomic E-state index is 5.82. The van der Waals surface area contributed by atoms with Gasteiger partial charge in [0.15, 0.2) is 0 Å². The molecule has 1 aromatic rings. The van der Waals surface area contributed by atoms with E-state index in [4.69, 9.17) is 5.73 Å². The number of pyridine rings is 1. The van der Waals surface area contributed by atoms with Gasteiger partial charge in [0, 0.05) is 12.7 Å². The molecule has 1 saturated carbocycles. The van der Waals surface area contributed by atoms with Crippen molar-refractivity contribution in [1.82, 2.24) is 4.98 Å². The van der Waals surface area contributed by atoms with Crippen molar-refractivity contribution < 1.29 is 0 Å². The zero-order valence-electron chi connectivity index (χ0n) is 8.18. The number of aromatic nitrogens is 1. The Morgan fingerprint density at radius 1 is 1.57 bits per heavy atom. The van der Waals surface area contributed by atoms with Gasteiger partial charge in [0.2, 0.25) is 0 Å². The lowest BCUT2D eigenvalue weighted by atomic mass is 10.1. The lowest BCUT2D eigenvalue weighted by Gasteiger charge is -2.14. The maximum Gasteiger partial charge on any atom is 0.0750 e. The molecule has 4 heteroatoms. The van der Waals surface area contributed by atoms with Crippen molar-refractivity contribution in [3.8, 4) is 0 Å². The lowest BCUT2D eigenvalue weighted by molar-refractivity contribution is 0.610. The van der Waals surface area contributed by atoms with Crippen molar-refractivity contribution in [1.29, 1.82) is 0 Å². The smallest absolute Gasteiger partial charge is 0.0750 e. The van der Waals surface area contributed by atoms with Crippen molar-refractivity contribution in [2.45, 2.75) is 19.8 Å². The summed E-state index contributed by atoms with van der Waals surface area (Å²) in [6, 6.07) is 0. The van der Waals surface area contributed by atoms with E-state index < -0.39 is 0 Å². The largest absolute Gasteiger partial charge is 0.396 e. The fourth-order valence-electron chi connectivity index (χ4n) is 1.33. The molecular formula is C10H14BrN3. The zero-order chi connectivity index (χ0) is 10.2. The molecule has 3 N–H and O–H groups in total. The predicted octanol–water partition coefficient (Wildman–Crippen LogP) is 2.64. The van der Waals surface area contributed by atoms with E-state index in [0.29, 0.717) is 11.1 Å². The highest BCUT2D eigenvalue weighted by atomic mass is 79.9. The van der Waals surface area contributed by atoms with Crippen LogP contribution in [0.5, 0.6) is 0 Å². The van der Waals surface area contributed by atoms with Gasteiger partial charge >= 0.3 is 0 Å². The van der Waals surface area contributed by atoms with Crippen LogP contribution in [0.25, 0.3) is 0 Å². The first kappa shape index (κ1) is 9.77. The van der Waals surface area contributed by atoms with Gasteiger partial charge in [-0.3, -0.25) is 4.98 Å². The Morgan fingerprint density at radius 3 is 2.86 bits per heavy atom. The van der Waals surface area contributed by atoms with Crippen LogP contribution >= 0.6 is 15.9 Å². The summed E-state index contributed by atoms with van der Waals surface area (Å²) in [5.74, 6) is 0. The molecule has 0 spiro atoms. The minimum Gasteiger partial charge on any atom is -0.396 e. The first-order valence-electron chi connectivity index (χ1n) is 4.74. The third kappa shape index (κ3) is 2.00. The summed E-state index contributed by atoms with van der Waals surface area (Å²) in [4.78, 5) is 3.99. The van der Waals surface area contributed by atoms with Crippen molar-refractivity contribution in [2.24, 2.45) is 5.41 Å². The SMILES string of the molecule is CC1(CNc2c(N)cncc2Br)CC1. The molecule has 0 atom stereocenters. The Labute approximate surface area is 92.2 Å². The minimum absolute atomic E-state index is 0.481. The van der Waals surface area contributed by atoms with Crippen LogP contribution in [-0.4, -0.2) is 11.5 Å². The van der Waals surface area contributed by atoms with Crippen LogP contribution in [0.1, 0.15) is 19.8 Å².